The molecule has 4 heterocycles. The van der Waals surface area contributed by atoms with E-state index in [1.54, 1.807) is 56.9 Å². The van der Waals surface area contributed by atoms with E-state index in [0.717, 1.165) is 91.5 Å². The summed E-state index contributed by atoms with van der Waals surface area (Å²) in [6.45, 7) is 57.7. The van der Waals surface area contributed by atoms with Gasteiger partial charge >= 0.3 is 69.4 Å². The number of ether oxygens (including phenoxy) is 8. The number of benzene rings is 10. The van der Waals surface area contributed by atoms with Crippen molar-refractivity contribution in [2.75, 3.05) is 56.9 Å². The summed E-state index contributed by atoms with van der Waals surface area (Å²) in [4.78, 5) is 0. The monoisotopic (exact) mass is 2180 g/mol. The van der Waals surface area contributed by atoms with Gasteiger partial charge in [-0.1, -0.05) is 263 Å². The second-order valence-corrected chi connectivity index (χ2v) is 54.1. The van der Waals surface area contributed by atoms with Crippen molar-refractivity contribution in [3.8, 4) is 46.0 Å². The first-order chi connectivity index (χ1) is 63.1. The minimum absolute atomic E-state index is 0. The Bertz CT molecular complexity index is 4390. The van der Waals surface area contributed by atoms with Crippen molar-refractivity contribution in [3.63, 3.8) is 0 Å². The average Bonchev–Trinajstić information content (AvgIpc) is 0.733. The Labute approximate surface area is 882 Å². The van der Waals surface area contributed by atoms with Crippen LogP contribution in [0.15, 0.2) is 255 Å². The molecule has 0 N–H and O–H groups in total. The molecule has 14 rings (SSSR count). The average molecular weight is 2180 g/mol. The van der Waals surface area contributed by atoms with E-state index in [2.05, 4.69) is 240 Å². The molecule has 138 heavy (non-hydrogen) atoms. The molecule has 0 atom stereocenters. The maximum Gasteiger partial charge on any atom is 2.00 e. The number of nitrogens with zero attached hydrogens (tertiary/aromatic N) is 16. The van der Waals surface area contributed by atoms with Crippen molar-refractivity contribution >= 4 is 112 Å². The van der Waals surface area contributed by atoms with Gasteiger partial charge in [-0.15, -0.1) is 0 Å². The van der Waals surface area contributed by atoms with Gasteiger partial charge in [0, 0.05) is 44.3 Å². The molecular formula is C102H144Cr4N16O8P8. The fourth-order valence-corrected chi connectivity index (χ4v) is 36.0. The minimum atomic E-state index is -0.942. The summed E-state index contributed by atoms with van der Waals surface area (Å²) in [6, 6.07) is 84.1. The topological polar surface area (TPSA) is 213 Å². The van der Waals surface area contributed by atoms with Gasteiger partial charge in [-0.3, -0.25) is 35.5 Å². The number of aryl methyl sites for hydroxylation is 2. The molecule has 0 aromatic heterocycles. The maximum atomic E-state index is 5.55. The predicted octanol–water partition coefficient (Wildman–Crippen LogP) is 36.3. The second-order valence-electron chi connectivity index (χ2n) is 39.3. The molecule has 0 aliphatic carbocycles. The predicted molar refractivity (Wildman–Crippen MR) is 579 cm³/mol. The van der Waals surface area contributed by atoms with Crippen molar-refractivity contribution in [2.45, 2.75) is 224 Å². The molecule has 4 saturated heterocycles. The Hall–Kier alpha value is -5.75. The van der Waals surface area contributed by atoms with Crippen LogP contribution in [0, 0.1) is 13.8 Å². The smallest absolute Gasteiger partial charge is 0.632 e. The van der Waals surface area contributed by atoms with Crippen LogP contribution in [0.25, 0.3) is 40.7 Å². The van der Waals surface area contributed by atoms with E-state index in [9.17, 15) is 0 Å². The van der Waals surface area contributed by atoms with Gasteiger partial charge in [0.25, 0.3) is 0 Å². The van der Waals surface area contributed by atoms with Crippen LogP contribution in [-0.2, 0) is 69.4 Å². The summed E-state index contributed by atoms with van der Waals surface area (Å²) in [5.74, 6) is 6.34. The van der Waals surface area contributed by atoms with E-state index in [0.29, 0.717) is 0 Å². The molecule has 10 aromatic rings. The third kappa shape index (κ3) is 32.6. The third-order valence-corrected chi connectivity index (χ3v) is 45.5. The van der Waals surface area contributed by atoms with Crippen molar-refractivity contribution in [3.05, 3.63) is 307 Å². The zero-order valence-electron chi connectivity index (χ0n) is 86.9. The van der Waals surface area contributed by atoms with Crippen LogP contribution in [0.1, 0.15) is 177 Å². The minimum Gasteiger partial charge on any atom is -0.632 e. The van der Waals surface area contributed by atoms with E-state index < -0.39 is 67.0 Å². The largest absolute Gasteiger partial charge is 2.00 e. The SMILES string of the molecule is COc1ccccc1[N-]P1N(C(C)(C)C)P([N-]c2ccccc2OC)N1C(C)(C)C.COc1ccccc1[N-]P1N(C(C)(C)C)P([N-]c2ccccc2OC)N1C(C)(C)C.COc1ccccc1[N-]P1N(C(C)(C)C)P([N-]c2ccccc2OC)N1C(C)(C)C.COc1ccccc1[N-]P1N(C(C)(C)C)P([N-]c2ccccc2OC)N1C(C)(C)C.Cc1ccccc1.Cc1ccccc1.[Cr+2].[Cr+2].[Cr+2].[Cr+2]. The number of hydrogen-bond donors (Lipinski definition) is 0. The van der Waals surface area contributed by atoms with Crippen LogP contribution >= 0.6 is 67.0 Å². The van der Waals surface area contributed by atoms with Gasteiger partial charge in [-0.05, 0) is 296 Å². The van der Waals surface area contributed by atoms with E-state index in [-0.39, 0.29) is 114 Å². The molecule has 24 nitrogen and oxygen atoms in total. The van der Waals surface area contributed by atoms with Gasteiger partial charge in [-0.25, -0.2) is 0 Å². The van der Waals surface area contributed by atoms with Gasteiger partial charge in [0.2, 0.25) is 0 Å². The molecule has 0 radical (unpaired) electrons. The van der Waals surface area contributed by atoms with Gasteiger partial charge in [0.05, 0.1) is 56.9 Å². The summed E-state index contributed by atoms with van der Waals surface area (Å²) in [6.07, 6.45) is 0. The fourth-order valence-electron chi connectivity index (χ4n) is 13.6. The first-order valence-corrected chi connectivity index (χ1v) is 54.3. The quantitative estimate of drug-likeness (QED) is 0.0515. The number of rotatable bonds is 24. The number of para-hydroxylation sites is 8. The first kappa shape index (κ1) is 123. The molecule has 0 amide bonds. The van der Waals surface area contributed by atoms with Crippen LogP contribution in [0.2, 0.25) is 0 Å². The van der Waals surface area contributed by atoms with Gasteiger partial charge in [0.1, 0.15) is 46.0 Å². The molecule has 0 unspecified atom stereocenters. The molecule has 744 valence electrons. The Morgan fingerprint density at radius 3 is 0.333 bits per heavy atom. The molecular weight excluding hydrogens is 2030 g/mol. The fraction of sp³-hybridized carbons (Fsp3) is 0.412. The zero-order valence-corrected chi connectivity index (χ0v) is 99.1. The van der Waals surface area contributed by atoms with Crippen LogP contribution in [0.5, 0.6) is 46.0 Å². The molecule has 0 bridgehead atoms. The van der Waals surface area contributed by atoms with Gasteiger partial charge < -0.3 is 78.6 Å². The Balaban J connectivity index is 0.000000306. The molecule has 4 fully saturated rings. The summed E-state index contributed by atoms with van der Waals surface area (Å²) >= 11 is 0. The number of hydrogen-bond acceptors (Lipinski definition) is 16. The normalized spacial score (nSPS) is 18.6. The molecule has 36 heteroatoms. The Morgan fingerprint density at radius 1 is 0.159 bits per heavy atom. The van der Waals surface area contributed by atoms with Crippen molar-refractivity contribution in [1.82, 2.24) is 35.5 Å². The first-order valence-electron chi connectivity index (χ1n) is 44.7. The van der Waals surface area contributed by atoms with E-state index >= 15 is 0 Å². The summed E-state index contributed by atoms with van der Waals surface area (Å²) in [5.41, 5.74) is 8.96. The van der Waals surface area contributed by atoms with Gasteiger partial charge in [-0.2, -0.15) is 0 Å². The maximum absolute atomic E-state index is 5.55. The van der Waals surface area contributed by atoms with E-state index in [4.69, 9.17) is 78.6 Å². The zero-order chi connectivity index (χ0) is 98.6. The molecule has 0 saturated carbocycles. The van der Waals surface area contributed by atoms with Crippen molar-refractivity contribution in [1.29, 1.82) is 0 Å². The van der Waals surface area contributed by atoms with Crippen LogP contribution < -0.4 is 37.9 Å². The van der Waals surface area contributed by atoms with Crippen LogP contribution in [0.4, 0.5) is 45.5 Å². The standard InChI is InChI=1S/4C22H32N4O2P2.2C7H8.4Cr/c4*1-21(2,3)25-29(23-17-13-9-11-15-19(17)27-7)26(22(4,5)6)30(25)24-18-14-10-12-16-20(18)28-8;2*1-7-5-3-2-4-6-7;;;;/h4*9-16H,1-8H3;2*2-6H,1H3;;;;/q4*-2;;;4*+2. The Kier molecular flexibility index (Phi) is 48.4. The summed E-state index contributed by atoms with van der Waals surface area (Å²) in [7, 11) is 5.98. The molecule has 10 aromatic carbocycles. The molecule has 4 aliphatic rings. The van der Waals surface area contributed by atoms with Crippen LogP contribution in [0.3, 0.4) is 0 Å². The summed E-state index contributed by atoms with van der Waals surface area (Å²) in [5, 5.41) is 41.5. The van der Waals surface area contributed by atoms with Gasteiger partial charge in [0.15, 0.2) is 0 Å². The molecule has 0 spiro atoms. The second kappa shape index (κ2) is 54.4. The third-order valence-electron chi connectivity index (χ3n) is 19.7. The van der Waals surface area contributed by atoms with Crippen LogP contribution in [-0.4, -0.2) is 137 Å². The van der Waals surface area contributed by atoms with Crippen molar-refractivity contribution in [2.24, 2.45) is 0 Å². The van der Waals surface area contributed by atoms with E-state index in [1.165, 1.54) is 11.1 Å². The summed E-state index contributed by atoms with van der Waals surface area (Å²) < 4.78 is 64.1. The Morgan fingerprint density at radius 2 is 0.254 bits per heavy atom. The van der Waals surface area contributed by atoms with Crippen molar-refractivity contribution < 1.29 is 107 Å². The van der Waals surface area contributed by atoms with E-state index in [1.807, 2.05) is 231 Å². The molecule has 4 aliphatic heterocycles. The number of methoxy groups -OCH3 is 8.